The van der Waals surface area contributed by atoms with Crippen molar-refractivity contribution in [3.63, 3.8) is 0 Å². The van der Waals surface area contributed by atoms with Gasteiger partial charge in [0.1, 0.15) is 18.2 Å². The summed E-state index contributed by atoms with van der Waals surface area (Å²) in [6, 6.07) is -1.26. The van der Waals surface area contributed by atoms with Gasteiger partial charge in [0.2, 0.25) is 11.7 Å². The minimum atomic E-state index is -2.07. The predicted octanol–water partition coefficient (Wildman–Crippen LogP) is -3.08. The second-order valence-corrected chi connectivity index (χ2v) is 3.55. The Bertz CT molecular complexity index is 247. The first-order valence-electron chi connectivity index (χ1n) is 4.51. The molecule has 1 amide bonds. The lowest BCUT2D eigenvalue weighted by Gasteiger charge is -2.43. The van der Waals surface area contributed by atoms with E-state index in [2.05, 4.69) is 5.32 Å². The zero-order valence-corrected chi connectivity index (χ0v) is 8.25. The Hall–Kier alpha value is -0.730. The molecule has 0 aromatic carbocycles. The fourth-order valence-electron chi connectivity index (χ4n) is 1.47. The number of carbonyl (C=O) groups excluding carboxylic acids is 1. The number of carbonyl (C=O) groups is 1. The number of nitrogens with one attached hydrogen (secondary N) is 1. The Morgan fingerprint density at radius 3 is 2.67 bits per heavy atom. The van der Waals surface area contributed by atoms with E-state index in [1.165, 1.54) is 6.92 Å². The number of ether oxygens (including phenoxy) is 1. The largest absolute Gasteiger partial charge is 0.391 e. The lowest BCUT2D eigenvalue weighted by Crippen LogP contribution is -2.68. The highest BCUT2D eigenvalue weighted by Gasteiger charge is 2.49. The van der Waals surface area contributed by atoms with E-state index in [0.29, 0.717) is 0 Å². The number of hydrogen-bond donors (Lipinski definition) is 5. The fourth-order valence-corrected chi connectivity index (χ4v) is 1.47. The molecular formula is C8H15NO6. The van der Waals surface area contributed by atoms with Crippen LogP contribution in [0.1, 0.15) is 6.92 Å². The molecule has 7 nitrogen and oxygen atoms in total. The van der Waals surface area contributed by atoms with Crippen LogP contribution in [0.25, 0.3) is 0 Å². The van der Waals surface area contributed by atoms with E-state index < -0.39 is 36.6 Å². The Balaban J connectivity index is 2.84. The summed E-state index contributed by atoms with van der Waals surface area (Å²) in [6.07, 6.45) is -2.60. The third-order valence-corrected chi connectivity index (χ3v) is 2.31. The van der Waals surface area contributed by atoms with Crippen LogP contribution in [0.5, 0.6) is 0 Å². The van der Waals surface area contributed by atoms with Crippen LogP contribution in [0.3, 0.4) is 0 Å². The fraction of sp³-hybridized carbons (Fsp3) is 0.875. The summed E-state index contributed by atoms with van der Waals surface area (Å²) in [4.78, 5) is 10.8. The highest BCUT2D eigenvalue weighted by atomic mass is 16.6. The third kappa shape index (κ3) is 2.44. The molecule has 7 heteroatoms. The van der Waals surface area contributed by atoms with Gasteiger partial charge in [-0.1, -0.05) is 0 Å². The van der Waals surface area contributed by atoms with Gasteiger partial charge in [0.05, 0.1) is 13.2 Å². The zero-order valence-electron chi connectivity index (χ0n) is 8.25. The first-order valence-corrected chi connectivity index (χ1v) is 4.51. The van der Waals surface area contributed by atoms with Crippen molar-refractivity contribution >= 4 is 5.91 Å². The maximum absolute atomic E-state index is 10.8. The highest BCUT2D eigenvalue weighted by molar-refractivity contribution is 5.73. The Morgan fingerprint density at radius 1 is 1.60 bits per heavy atom. The summed E-state index contributed by atoms with van der Waals surface area (Å²) >= 11 is 0. The number of hydrogen-bond acceptors (Lipinski definition) is 6. The van der Waals surface area contributed by atoms with E-state index >= 15 is 0 Å². The number of aliphatic hydroxyl groups excluding tert-OH is 3. The van der Waals surface area contributed by atoms with Crippen LogP contribution >= 0.6 is 0 Å². The number of rotatable bonds is 2. The molecule has 0 bridgehead atoms. The van der Waals surface area contributed by atoms with Gasteiger partial charge in [-0.05, 0) is 0 Å². The van der Waals surface area contributed by atoms with Gasteiger partial charge < -0.3 is 30.5 Å². The quantitative estimate of drug-likeness (QED) is 0.337. The van der Waals surface area contributed by atoms with Gasteiger partial charge in [0.25, 0.3) is 0 Å². The van der Waals surface area contributed by atoms with E-state index in [9.17, 15) is 20.1 Å². The molecule has 0 aromatic rings. The molecule has 0 saturated carbocycles. The SMILES string of the molecule is CC(=O)N[C@H]1[C@H](O)[C@H](O)CO[C@]1(O)CO. The molecule has 15 heavy (non-hydrogen) atoms. The number of amides is 1. The van der Waals surface area contributed by atoms with Gasteiger partial charge in [0.15, 0.2) is 0 Å². The van der Waals surface area contributed by atoms with E-state index in [0.717, 1.165) is 0 Å². The maximum atomic E-state index is 10.8. The molecule has 0 aliphatic carbocycles. The molecule has 0 aromatic heterocycles. The van der Waals surface area contributed by atoms with E-state index in [-0.39, 0.29) is 6.61 Å². The first-order chi connectivity index (χ1) is 6.90. The highest BCUT2D eigenvalue weighted by Crippen LogP contribution is 2.23. The molecule has 0 radical (unpaired) electrons. The Labute approximate surface area is 86.3 Å². The van der Waals surface area contributed by atoms with Crippen LogP contribution in [0.2, 0.25) is 0 Å². The minimum Gasteiger partial charge on any atom is -0.391 e. The van der Waals surface area contributed by atoms with Crippen LogP contribution in [0.15, 0.2) is 0 Å². The molecule has 0 spiro atoms. The zero-order chi connectivity index (χ0) is 11.6. The van der Waals surface area contributed by atoms with Crippen LogP contribution in [-0.4, -0.2) is 63.6 Å². The standard InChI is InChI=1S/C8H15NO6/c1-4(11)9-7-6(13)5(12)2-15-8(7,14)3-10/h5-7,10,12-14H,2-3H2,1H3,(H,9,11)/t5-,6-,7+,8-/m1/s1. The van der Waals surface area contributed by atoms with Gasteiger partial charge in [-0.15, -0.1) is 0 Å². The van der Waals surface area contributed by atoms with Crippen LogP contribution in [-0.2, 0) is 9.53 Å². The molecule has 4 atom stereocenters. The second-order valence-electron chi connectivity index (χ2n) is 3.55. The lowest BCUT2D eigenvalue weighted by atomic mass is 9.94. The Morgan fingerprint density at radius 2 is 2.20 bits per heavy atom. The van der Waals surface area contributed by atoms with E-state index in [4.69, 9.17) is 9.84 Å². The molecule has 1 heterocycles. The molecule has 1 aliphatic rings. The van der Waals surface area contributed by atoms with Gasteiger partial charge in [0, 0.05) is 6.92 Å². The summed E-state index contributed by atoms with van der Waals surface area (Å²) in [7, 11) is 0. The van der Waals surface area contributed by atoms with Crippen molar-refractivity contribution in [2.75, 3.05) is 13.2 Å². The minimum absolute atomic E-state index is 0.311. The van der Waals surface area contributed by atoms with Crippen molar-refractivity contribution in [2.45, 2.75) is 31.0 Å². The summed E-state index contributed by atoms with van der Waals surface area (Å²) in [5, 5.41) is 39.7. The molecule has 1 fully saturated rings. The molecule has 1 aliphatic heterocycles. The predicted molar refractivity (Wildman–Crippen MR) is 47.6 cm³/mol. The molecular weight excluding hydrogens is 206 g/mol. The molecule has 1 saturated heterocycles. The normalized spacial score (nSPS) is 41.3. The van der Waals surface area contributed by atoms with Crippen molar-refractivity contribution in [3.05, 3.63) is 0 Å². The first kappa shape index (κ1) is 12.3. The van der Waals surface area contributed by atoms with E-state index in [1.54, 1.807) is 0 Å². The van der Waals surface area contributed by atoms with Crippen molar-refractivity contribution < 1.29 is 30.0 Å². The average Bonchev–Trinajstić information content (AvgIpc) is 2.19. The van der Waals surface area contributed by atoms with Crippen molar-refractivity contribution in [3.8, 4) is 0 Å². The van der Waals surface area contributed by atoms with Crippen molar-refractivity contribution in [1.29, 1.82) is 0 Å². The average molecular weight is 221 g/mol. The molecule has 0 unspecified atom stereocenters. The van der Waals surface area contributed by atoms with Crippen molar-refractivity contribution in [1.82, 2.24) is 5.32 Å². The van der Waals surface area contributed by atoms with Crippen LogP contribution < -0.4 is 5.32 Å². The van der Waals surface area contributed by atoms with Gasteiger partial charge in [-0.25, -0.2) is 0 Å². The van der Waals surface area contributed by atoms with Gasteiger partial charge >= 0.3 is 0 Å². The summed E-state index contributed by atoms with van der Waals surface area (Å²) in [6.45, 7) is 0.0849. The van der Waals surface area contributed by atoms with Gasteiger partial charge in [-0.2, -0.15) is 0 Å². The van der Waals surface area contributed by atoms with Crippen LogP contribution in [0.4, 0.5) is 0 Å². The van der Waals surface area contributed by atoms with Gasteiger partial charge in [-0.3, -0.25) is 4.79 Å². The molecule has 88 valence electrons. The van der Waals surface area contributed by atoms with Crippen molar-refractivity contribution in [2.24, 2.45) is 0 Å². The topological polar surface area (TPSA) is 119 Å². The summed E-state index contributed by atoms with van der Waals surface area (Å²) < 4.78 is 4.79. The second kappa shape index (κ2) is 4.42. The molecule has 1 rings (SSSR count). The smallest absolute Gasteiger partial charge is 0.217 e. The summed E-state index contributed by atoms with van der Waals surface area (Å²) in [5.41, 5.74) is 0. The lowest BCUT2D eigenvalue weighted by molar-refractivity contribution is -0.297. The number of aliphatic hydroxyl groups is 4. The van der Waals surface area contributed by atoms with Crippen LogP contribution in [0, 0.1) is 0 Å². The molecule has 5 N–H and O–H groups in total. The summed E-state index contributed by atoms with van der Waals surface area (Å²) in [5.74, 6) is -2.58. The van der Waals surface area contributed by atoms with E-state index in [1.807, 2.05) is 0 Å². The maximum Gasteiger partial charge on any atom is 0.217 e. The monoisotopic (exact) mass is 221 g/mol. The third-order valence-electron chi connectivity index (χ3n) is 2.31. The Kier molecular flexibility index (Phi) is 3.63.